The molecule has 0 nitrogen and oxygen atoms in total. The van der Waals surface area contributed by atoms with E-state index in [0.29, 0.717) is 22.9 Å². The van der Waals surface area contributed by atoms with Gasteiger partial charge in [-0.3, -0.25) is 0 Å². The van der Waals surface area contributed by atoms with Crippen LogP contribution in [0.1, 0.15) is 50.7 Å². The number of aryl methyl sites for hydroxylation is 2. The number of benzene rings is 3. The first kappa shape index (κ1) is 19.5. The summed E-state index contributed by atoms with van der Waals surface area (Å²) in [6, 6.07) is 12.4. The molecule has 0 aliphatic carbocycles. The molecule has 0 aliphatic heterocycles. The molecule has 0 aromatic heterocycles. The van der Waals surface area contributed by atoms with Crippen molar-refractivity contribution >= 4 is 10.8 Å². The van der Waals surface area contributed by atoms with Crippen LogP contribution in [0.25, 0.3) is 21.9 Å². The summed E-state index contributed by atoms with van der Waals surface area (Å²) in [4.78, 5) is 0. The summed E-state index contributed by atoms with van der Waals surface area (Å²) in [5.74, 6) is -2.73. The van der Waals surface area contributed by atoms with Crippen LogP contribution in [0.15, 0.2) is 42.5 Å². The first-order chi connectivity index (χ1) is 13.1. The predicted molar refractivity (Wildman–Crippen MR) is 106 cm³/mol. The zero-order chi connectivity index (χ0) is 19.4. The molecular weight excluding hydrogens is 345 g/mol. The van der Waals surface area contributed by atoms with Crippen molar-refractivity contribution in [2.45, 2.75) is 52.4 Å². The molecule has 0 N–H and O–H groups in total. The van der Waals surface area contributed by atoms with Gasteiger partial charge in [-0.05, 0) is 47.4 Å². The van der Waals surface area contributed by atoms with Gasteiger partial charge in [0.15, 0.2) is 11.6 Å². The Labute approximate surface area is 159 Å². The van der Waals surface area contributed by atoms with Gasteiger partial charge in [-0.2, -0.15) is 0 Å². The number of hydrogen-bond donors (Lipinski definition) is 0. The van der Waals surface area contributed by atoms with Crippen molar-refractivity contribution in [3.8, 4) is 11.1 Å². The molecule has 27 heavy (non-hydrogen) atoms. The third kappa shape index (κ3) is 4.02. The van der Waals surface area contributed by atoms with Gasteiger partial charge in [-0.15, -0.1) is 0 Å². The zero-order valence-corrected chi connectivity index (χ0v) is 15.9. The van der Waals surface area contributed by atoms with Crippen molar-refractivity contribution in [3.63, 3.8) is 0 Å². The summed E-state index contributed by atoms with van der Waals surface area (Å²) in [6.07, 6.45) is 5.36. The van der Waals surface area contributed by atoms with Crippen molar-refractivity contribution in [1.29, 1.82) is 0 Å². The van der Waals surface area contributed by atoms with Crippen molar-refractivity contribution in [1.82, 2.24) is 0 Å². The van der Waals surface area contributed by atoms with Crippen LogP contribution < -0.4 is 0 Å². The molecule has 3 aromatic rings. The number of rotatable bonds is 7. The van der Waals surface area contributed by atoms with E-state index >= 15 is 0 Å². The fourth-order valence-corrected chi connectivity index (χ4v) is 3.53. The lowest BCUT2D eigenvalue weighted by molar-refractivity contribution is 0.513. The number of halogens is 3. The lowest BCUT2D eigenvalue weighted by atomic mass is 9.96. The average Bonchev–Trinajstić information content (AvgIpc) is 2.67. The van der Waals surface area contributed by atoms with Gasteiger partial charge in [-0.25, -0.2) is 13.2 Å². The summed E-state index contributed by atoms with van der Waals surface area (Å²) in [7, 11) is 0. The molecule has 0 atom stereocenters. The lowest BCUT2D eigenvalue weighted by Crippen LogP contribution is -1.98. The Morgan fingerprint density at radius 1 is 0.704 bits per heavy atom. The van der Waals surface area contributed by atoms with Crippen LogP contribution in [0.4, 0.5) is 13.2 Å². The van der Waals surface area contributed by atoms with E-state index in [1.54, 1.807) is 30.3 Å². The second kappa shape index (κ2) is 8.60. The van der Waals surface area contributed by atoms with Crippen LogP contribution in [0.5, 0.6) is 0 Å². The third-order valence-electron chi connectivity index (χ3n) is 5.06. The lowest BCUT2D eigenvalue weighted by Gasteiger charge is -2.12. The maximum absolute atomic E-state index is 14.8. The molecule has 0 bridgehead atoms. The van der Waals surface area contributed by atoms with E-state index in [9.17, 15) is 13.2 Å². The number of unbranched alkanes of at least 4 members (excludes halogenated alkanes) is 2. The van der Waals surface area contributed by atoms with Gasteiger partial charge >= 0.3 is 0 Å². The fraction of sp³-hybridized carbons (Fsp3) is 0.333. The smallest absolute Gasteiger partial charge is 0.170 e. The van der Waals surface area contributed by atoms with E-state index in [1.165, 1.54) is 0 Å². The van der Waals surface area contributed by atoms with E-state index in [2.05, 4.69) is 13.8 Å². The molecule has 3 aromatic carbocycles. The van der Waals surface area contributed by atoms with Gasteiger partial charge in [0.05, 0.1) is 5.39 Å². The SMILES string of the molecule is CCCCCc1ccc2cc(-c3ccc(CCC)cc3)c(F)c(F)c2c1F. The van der Waals surface area contributed by atoms with Gasteiger partial charge in [0.25, 0.3) is 0 Å². The van der Waals surface area contributed by atoms with Gasteiger partial charge in [0.1, 0.15) is 5.82 Å². The molecule has 0 aliphatic rings. The van der Waals surface area contributed by atoms with Crippen LogP contribution >= 0.6 is 0 Å². The minimum absolute atomic E-state index is 0.168. The molecule has 3 heteroatoms. The summed E-state index contributed by atoms with van der Waals surface area (Å²) in [5, 5.41) is 0.145. The zero-order valence-electron chi connectivity index (χ0n) is 15.9. The molecule has 0 heterocycles. The Morgan fingerprint density at radius 3 is 2.11 bits per heavy atom. The van der Waals surface area contributed by atoms with Crippen molar-refractivity contribution < 1.29 is 13.2 Å². The minimum Gasteiger partial charge on any atom is -0.206 e. The molecule has 0 unspecified atom stereocenters. The molecule has 0 amide bonds. The van der Waals surface area contributed by atoms with Crippen molar-refractivity contribution in [2.75, 3.05) is 0 Å². The quantitative estimate of drug-likeness (QED) is 0.375. The predicted octanol–water partition coefficient (Wildman–Crippen LogP) is 7.61. The molecule has 0 radical (unpaired) electrons. The summed E-state index contributed by atoms with van der Waals surface area (Å²) in [5.41, 5.74) is 2.37. The Balaban J connectivity index is 2.04. The number of hydrogen-bond acceptors (Lipinski definition) is 0. The third-order valence-corrected chi connectivity index (χ3v) is 5.06. The maximum Gasteiger partial charge on any atom is 0.170 e. The standard InChI is InChI=1S/C24H25F3/c1-3-5-6-8-18-13-14-19-15-20(23(26)24(27)21(19)22(18)25)17-11-9-16(7-4-2)10-12-17/h9-15H,3-8H2,1-2H3. The van der Waals surface area contributed by atoms with Gasteiger partial charge in [0.2, 0.25) is 0 Å². The Kier molecular flexibility index (Phi) is 6.20. The van der Waals surface area contributed by atoms with E-state index in [0.717, 1.165) is 37.7 Å². The average molecular weight is 370 g/mol. The van der Waals surface area contributed by atoms with Gasteiger partial charge < -0.3 is 0 Å². The van der Waals surface area contributed by atoms with E-state index in [-0.39, 0.29) is 10.9 Å². The fourth-order valence-electron chi connectivity index (χ4n) is 3.53. The summed E-state index contributed by atoms with van der Waals surface area (Å²) >= 11 is 0. The number of fused-ring (bicyclic) bond motifs is 1. The topological polar surface area (TPSA) is 0 Å². The van der Waals surface area contributed by atoms with E-state index < -0.39 is 17.5 Å². The first-order valence-corrected chi connectivity index (χ1v) is 9.75. The Bertz CT molecular complexity index is 927. The molecule has 0 saturated heterocycles. The van der Waals surface area contributed by atoms with Crippen LogP contribution in [0, 0.1) is 17.5 Å². The first-order valence-electron chi connectivity index (χ1n) is 9.75. The van der Waals surface area contributed by atoms with Crippen LogP contribution in [0.3, 0.4) is 0 Å². The van der Waals surface area contributed by atoms with E-state index in [4.69, 9.17) is 0 Å². The maximum atomic E-state index is 14.8. The van der Waals surface area contributed by atoms with Crippen molar-refractivity contribution in [3.05, 3.63) is 71.0 Å². The summed E-state index contributed by atoms with van der Waals surface area (Å²) < 4.78 is 44.3. The highest BCUT2D eigenvalue weighted by Crippen LogP contribution is 2.33. The largest absolute Gasteiger partial charge is 0.206 e. The molecular formula is C24H25F3. The molecule has 0 saturated carbocycles. The molecule has 3 rings (SSSR count). The van der Waals surface area contributed by atoms with Crippen LogP contribution in [-0.4, -0.2) is 0 Å². The molecule has 0 fully saturated rings. The van der Waals surface area contributed by atoms with Crippen molar-refractivity contribution in [2.24, 2.45) is 0 Å². The highest BCUT2D eigenvalue weighted by atomic mass is 19.2. The summed E-state index contributed by atoms with van der Waals surface area (Å²) in [6.45, 7) is 4.17. The molecule has 0 spiro atoms. The highest BCUT2D eigenvalue weighted by Gasteiger charge is 2.19. The van der Waals surface area contributed by atoms with Gasteiger partial charge in [-0.1, -0.05) is 69.5 Å². The van der Waals surface area contributed by atoms with Crippen LogP contribution in [0.2, 0.25) is 0 Å². The van der Waals surface area contributed by atoms with E-state index in [1.807, 2.05) is 12.1 Å². The minimum atomic E-state index is -1.10. The molecule has 142 valence electrons. The van der Waals surface area contributed by atoms with Crippen LogP contribution in [-0.2, 0) is 12.8 Å². The normalized spacial score (nSPS) is 11.3. The monoisotopic (exact) mass is 370 g/mol. The Morgan fingerprint density at radius 2 is 1.44 bits per heavy atom. The van der Waals surface area contributed by atoms with Gasteiger partial charge in [0, 0.05) is 5.56 Å². The second-order valence-electron chi connectivity index (χ2n) is 7.09. The highest BCUT2D eigenvalue weighted by molar-refractivity contribution is 5.89. The Hall–Kier alpha value is -2.29. The second-order valence-corrected chi connectivity index (χ2v) is 7.09.